The van der Waals surface area contributed by atoms with Gasteiger partial charge >= 0.3 is 12.1 Å². The predicted octanol–water partition coefficient (Wildman–Crippen LogP) is 1.89. The first-order valence-electron chi connectivity index (χ1n) is 12.1. The fourth-order valence-corrected chi connectivity index (χ4v) is 3.69. The van der Waals surface area contributed by atoms with Crippen LogP contribution in [0.3, 0.4) is 0 Å². The minimum atomic E-state index is -5.08. The van der Waals surface area contributed by atoms with Crippen molar-refractivity contribution in [2.75, 3.05) is 7.05 Å². The molecule has 40 heavy (non-hydrogen) atoms. The maximum atomic E-state index is 13.1. The van der Waals surface area contributed by atoms with E-state index in [1.165, 1.54) is 12.8 Å². The van der Waals surface area contributed by atoms with E-state index in [9.17, 15) is 27.6 Å². The molecule has 1 unspecified atom stereocenters. The van der Waals surface area contributed by atoms with Gasteiger partial charge in [0, 0.05) is 31.4 Å². The number of carbonyl (C=O) groups is 4. The molecule has 0 radical (unpaired) electrons. The van der Waals surface area contributed by atoms with Crippen LogP contribution in [-0.2, 0) is 27.3 Å². The number of rotatable bonds is 10. The van der Waals surface area contributed by atoms with Crippen molar-refractivity contribution < 1.29 is 37.5 Å². The Balaban J connectivity index is 0.000000559. The van der Waals surface area contributed by atoms with E-state index < -0.39 is 35.8 Å². The second-order valence-corrected chi connectivity index (χ2v) is 9.02. The summed E-state index contributed by atoms with van der Waals surface area (Å²) >= 11 is 0. The highest BCUT2D eigenvalue weighted by atomic mass is 19.4. The molecule has 0 saturated heterocycles. The lowest BCUT2D eigenvalue weighted by Gasteiger charge is -2.17. The normalized spacial score (nSPS) is 13.6. The van der Waals surface area contributed by atoms with Crippen LogP contribution in [0.2, 0.25) is 0 Å². The van der Waals surface area contributed by atoms with Crippen molar-refractivity contribution >= 4 is 23.6 Å². The van der Waals surface area contributed by atoms with Crippen LogP contribution in [0.1, 0.15) is 34.5 Å². The Bertz CT molecular complexity index is 1360. The minimum absolute atomic E-state index is 0.142. The van der Waals surface area contributed by atoms with Gasteiger partial charge in [0.2, 0.25) is 5.78 Å². The highest BCUT2D eigenvalue weighted by Gasteiger charge is 2.38. The minimum Gasteiger partial charge on any atom is -0.475 e. The number of carbonyl (C=O) groups excluding carboxylic acids is 3. The Morgan fingerprint density at radius 2 is 1.77 bits per heavy atom. The molecule has 2 aromatic heterocycles. The molecule has 0 spiro atoms. The number of alkyl halides is 3. The molecular formula is C26H27F3N6O5. The van der Waals surface area contributed by atoms with Gasteiger partial charge in [0.15, 0.2) is 5.82 Å². The van der Waals surface area contributed by atoms with Crippen LogP contribution in [0, 0.1) is 0 Å². The van der Waals surface area contributed by atoms with Crippen molar-refractivity contribution in [3.05, 3.63) is 77.7 Å². The van der Waals surface area contributed by atoms with Gasteiger partial charge in [-0.15, -0.1) is 0 Å². The number of nitrogens with two attached hydrogens (primary N) is 1. The van der Waals surface area contributed by atoms with Crippen molar-refractivity contribution in [2.24, 2.45) is 5.73 Å². The number of aliphatic carboxylic acids is 1. The van der Waals surface area contributed by atoms with Crippen molar-refractivity contribution in [3.63, 3.8) is 0 Å². The van der Waals surface area contributed by atoms with E-state index in [-0.39, 0.29) is 12.0 Å². The van der Waals surface area contributed by atoms with Gasteiger partial charge in [-0.2, -0.15) is 18.3 Å². The molecule has 1 aromatic carbocycles. The standard InChI is InChI=1S/C24H26N6O3.C2HF3O2/c1-29(18-9-10-18)15-17-11-13-30(28-17)23-19(8-5-12-26-23)24(33)27-20(21(31)22(25)32)14-16-6-3-2-4-7-16;3-2(4,5)1(6)7/h2-8,11-13,18,20H,9-10,14-15H2,1H3,(H2,25,32)(H,27,33);(H,6,7). The number of primary amides is 1. The number of hydrogen-bond donors (Lipinski definition) is 3. The fourth-order valence-electron chi connectivity index (χ4n) is 3.69. The average Bonchev–Trinajstić information content (AvgIpc) is 3.67. The number of aromatic nitrogens is 3. The summed E-state index contributed by atoms with van der Waals surface area (Å²) in [7, 11) is 2.07. The first-order chi connectivity index (χ1) is 18.9. The molecule has 1 aliphatic rings. The fraction of sp³-hybridized carbons (Fsp3) is 0.308. The first kappa shape index (κ1) is 30.0. The molecule has 2 amide bonds. The van der Waals surface area contributed by atoms with Crippen LogP contribution in [0.25, 0.3) is 5.82 Å². The van der Waals surface area contributed by atoms with Crippen LogP contribution in [-0.4, -0.2) is 73.6 Å². The average molecular weight is 561 g/mol. The molecule has 1 aliphatic carbocycles. The van der Waals surface area contributed by atoms with Crippen LogP contribution < -0.4 is 11.1 Å². The van der Waals surface area contributed by atoms with Gasteiger partial charge in [0.25, 0.3) is 11.8 Å². The SMILES string of the molecule is CN(Cc1ccn(-c2ncccc2C(=O)NC(Cc2ccccc2)C(=O)C(N)=O)n1)C1CC1.O=C(O)C(F)(F)F. The van der Waals surface area contributed by atoms with Crippen LogP contribution in [0.15, 0.2) is 60.9 Å². The van der Waals surface area contributed by atoms with Gasteiger partial charge in [0.1, 0.15) is 6.04 Å². The van der Waals surface area contributed by atoms with Crippen molar-refractivity contribution in [3.8, 4) is 5.82 Å². The third-order valence-corrected chi connectivity index (χ3v) is 5.86. The molecule has 2 heterocycles. The summed E-state index contributed by atoms with van der Waals surface area (Å²) in [4.78, 5) is 52.6. The highest BCUT2D eigenvalue weighted by Crippen LogP contribution is 2.26. The number of amides is 2. The van der Waals surface area contributed by atoms with Crippen LogP contribution in [0.4, 0.5) is 13.2 Å². The zero-order chi connectivity index (χ0) is 29.4. The van der Waals surface area contributed by atoms with Crippen molar-refractivity contribution in [2.45, 2.75) is 44.1 Å². The molecule has 0 bridgehead atoms. The number of Topliss-reactive ketones (excluding diaryl/α,β-unsaturated/α-hetero) is 1. The molecule has 1 saturated carbocycles. The lowest BCUT2D eigenvalue weighted by molar-refractivity contribution is -0.192. The van der Waals surface area contributed by atoms with Gasteiger partial charge in [0.05, 0.1) is 11.3 Å². The first-order valence-corrected chi connectivity index (χ1v) is 12.1. The molecule has 11 nitrogen and oxygen atoms in total. The molecule has 1 atom stereocenters. The zero-order valence-corrected chi connectivity index (χ0v) is 21.3. The van der Waals surface area contributed by atoms with E-state index in [2.05, 4.69) is 27.3 Å². The summed E-state index contributed by atoms with van der Waals surface area (Å²) in [5, 5.41) is 14.4. The molecule has 3 aromatic rings. The Hall–Kier alpha value is -4.59. The molecule has 1 fully saturated rings. The van der Waals surface area contributed by atoms with E-state index in [0.29, 0.717) is 18.4 Å². The summed E-state index contributed by atoms with van der Waals surface area (Å²) < 4.78 is 33.3. The number of ketones is 1. The monoisotopic (exact) mass is 560 g/mol. The van der Waals surface area contributed by atoms with Crippen molar-refractivity contribution in [1.29, 1.82) is 0 Å². The Labute approximate surface area is 226 Å². The second kappa shape index (κ2) is 13.0. The summed E-state index contributed by atoms with van der Waals surface area (Å²) in [5.41, 5.74) is 7.12. The molecule has 4 N–H and O–H groups in total. The second-order valence-electron chi connectivity index (χ2n) is 9.02. The summed E-state index contributed by atoms with van der Waals surface area (Å²) in [6.45, 7) is 0.707. The predicted molar refractivity (Wildman–Crippen MR) is 135 cm³/mol. The maximum Gasteiger partial charge on any atom is 0.490 e. The molecule has 212 valence electrons. The lowest BCUT2D eigenvalue weighted by atomic mass is 10.0. The highest BCUT2D eigenvalue weighted by molar-refractivity contribution is 6.38. The smallest absolute Gasteiger partial charge is 0.475 e. The Morgan fingerprint density at radius 1 is 1.12 bits per heavy atom. The Kier molecular flexibility index (Phi) is 9.72. The number of nitrogens with one attached hydrogen (secondary N) is 1. The van der Waals surface area contributed by atoms with Gasteiger partial charge < -0.3 is 16.2 Å². The third-order valence-electron chi connectivity index (χ3n) is 5.86. The van der Waals surface area contributed by atoms with E-state index in [1.807, 2.05) is 36.4 Å². The van der Waals surface area contributed by atoms with E-state index in [0.717, 1.165) is 11.3 Å². The number of halogens is 3. The summed E-state index contributed by atoms with van der Waals surface area (Å²) in [5.74, 6) is -4.92. The number of nitrogens with zero attached hydrogens (tertiary/aromatic N) is 4. The van der Waals surface area contributed by atoms with Crippen molar-refractivity contribution in [1.82, 2.24) is 25.0 Å². The van der Waals surface area contributed by atoms with Crippen LogP contribution >= 0.6 is 0 Å². The third kappa shape index (κ3) is 8.46. The van der Waals surface area contributed by atoms with Gasteiger partial charge in [-0.05, 0) is 43.7 Å². The zero-order valence-electron chi connectivity index (χ0n) is 21.3. The molecule has 4 rings (SSSR count). The topological polar surface area (TPSA) is 161 Å². The largest absolute Gasteiger partial charge is 0.490 e. The number of carboxylic acids is 1. The van der Waals surface area contributed by atoms with Gasteiger partial charge in [-0.3, -0.25) is 19.3 Å². The summed E-state index contributed by atoms with van der Waals surface area (Å²) in [6, 6.07) is 13.7. The number of carboxylic acid groups (broad SMARTS) is 1. The number of pyridine rings is 1. The summed E-state index contributed by atoms with van der Waals surface area (Å²) in [6.07, 6.45) is 0.792. The number of benzene rings is 1. The molecule has 14 heteroatoms. The molecular weight excluding hydrogens is 533 g/mol. The van der Waals surface area contributed by atoms with Crippen LogP contribution in [0.5, 0.6) is 0 Å². The number of hydrogen-bond acceptors (Lipinski definition) is 7. The Morgan fingerprint density at radius 3 is 2.35 bits per heavy atom. The van der Waals surface area contributed by atoms with E-state index >= 15 is 0 Å². The van der Waals surface area contributed by atoms with Gasteiger partial charge in [-0.1, -0.05) is 30.3 Å². The molecule has 0 aliphatic heterocycles. The maximum absolute atomic E-state index is 13.1. The lowest BCUT2D eigenvalue weighted by Crippen LogP contribution is -2.47. The quantitative estimate of drug-likeness (QED) is 0.317. The van der Waals surface area contributed by atoms with E-state index in [1.54, 1.807) is 29.2 Å². The van der Waals surface area contributed by atoms with E-state index in [4.69, 9.17) is 15.6 Å². The van der Waals surface area contributed by atoms with Gasteiger partial charge in [-0.25, -0.2) is 14.5 Å².